The van der Waals surface area contributed by atoms with Crippen molar-refractivity contribution in [2.45, 2.75) is 19.3 Å². The van der Waals surface area contributed by atoms with E-state index in [1.54, 1.807) is 0 Å². The van der Waals surface area contributed by atoms with Crippen molar-refractivity contribution in [1.29, 1.82) is 0 Å². The van der Waals surface area contributed by atoms with Gasteiger partial charge in [0.2, 0.25) is 0 Å². The zero-order valence-electron chi connectivity index (χ0n) is 13.4. The van der Waals surface area contributed by atoms with E-state index in [0.717, 1.165) is 6.42 Å². The summed E-state index contributed by atoms with van der Waals surface area (Å²) < 4.78 is 0. The summed E-state index contributed by atoms with van der Waals surface area (Å²) in [5.41, 5.74) is 2.84. The lowest BCUT2D eigenvalue weighted by atomic mass is 9.84. The number of hydrogen-bond acceptors (Lipinski definition) is 0. The van der Waals surface area contributed by atoms with Crippen LogP contribution in [0.15, 0.2) is 84.9 Å². The highest BCUT2D eigenvalue weighted by Crippen LogP contribution is 2.37. The average Bonchev–Trinajstić information content (AvgIpc) is 2.63. The summed E-state index contributed by atoms with van der Waals surface area (Å²) in [4.78, 5) is 0. The predicted molar refractivity (Wildman–Crippen MR) is 100 cm³/mol. The van der Waals surface area contributed by atoms with Crippen molar-refractivity contribution < 1.29 is 0 Å². The van der Waals surface area contributed by atoms with E-state index >= 15 is 0 Å². The summed E-state index contributed by atoms with van der Waals surface area (Å²) >= 11 is 0. The van der Waals surface area contributed by atoms with Gasteiger partial charge in [-0.15, -0.1) is 0 Å². The molecule has 4 rings (SSSR count). The fourth-order valence-electron chi connectivity index (χ4n) is 3.69. The summed E-state index contributed by atoms with van der Waals surface area (Å²) in [6, 6.07) is 30.8. The lowest BCUT2D eigenvalue weighted by molar-refractivity contribution is 0.784. The van der Waals surface area contributed by atoms with Crippen LogP contribution in [0.1, 0.15) is 30.4 Å². The molecule has 1 unspecified atom stereocenters. The highest BCUT2D eigenvalue weighted by Gasteiger charge is 2.16. The minimum Gasteiger partial charge on any atom is -0.0645 e. The van der Waals surface area contributed by atoms with Crippen LogP contribution in [0.5, 0.6) is 0 Å². The average molecular weight is 296 g/mol. The zero-order valence-corrected chi connectivity index (χ0v) is 13.4. The molecule has 0 heteroatoms. The van der Waals surface area contributed by atoms with Crippen molar-refractivity contribution in [2.75, 3.05) is 0 Å². The van der Waals surface area contributed by atoms with Crippen LogP contribution in [0.2, 0.25) is 0 Å². The van der Waals surface area contributed by atoms with Gasteiger partial charge in [-0.05, 0) is 45.2 Å². The Kier molecular flexibility index (Phi) is 3.59. The molecule has 0 nitrogen and oxygen atoms in total. The second-order valence-electron chi connectivity index (χ2n) is 6.10. The van der Waals surface area contributed by atoms with Gasteiger partial charge in [0.05, 0.1) is 0 Å². The molecule has 0 saturated heterocycles. The fourth-order valence-corrected chi connectivity index (χ4v) is 3.69. The van der Waals surface area contributed by atoms with E-state index in [2.05, 4.69) is 91.9 Å². The van der Waals surface area contributed by atoms with Crippen molar-refractivity contribution in [3.8, 4) is 0 Å². The molecule has 112 valence electrons. The Bertz CT molecular complexity index is 951. The topological polar surface area (TPSA) is 0 Å². The first-order valence-corrected chi connectivity index (χ1v) is 8.34. The summed E-state index contributed by atoms with van der Waals surface area (Å²) in [5.74, 6) is 0.436. The largest absolute Gasteiger partial charge is 0.0645 e. The molecular formula is C23H20. The SMILES string of the molecule is CCC(c1ccccc1)c1cc2ccccc2c2ccccc12. The molecule has 0 amide bonds. The van der Waals surface area contributed by atoms with Crippen molar-refractivity contribution in [3.05, 3.63) is 96.1 Å². The van der Waals surface area contributed by atoms with E-state index in [1.807, 2.05) is 0 Å². The minimum absolute atomic E-state index is 0.436. The highest BCUT2D eigenvalue weighted by atomic mass is 14.2. The monoisotopic (exact) mass is 296 g/mol. The van der Waals surface area contributed by atoms with Crippen LogP contribution in [0.4, 0.5) is 0 Å². The molecule has 0 aliphatic rings. The van der Waals surface area contributed by atoms with Gasteiger partial charge in [-0.1, -0.05) is 85.8 Å². The van der Waals surface area contributed by atoms with E-state index in [9.17, 15) is 0 Å². The molecule has 0 N–H and O–H groups in total. The smallest absolute Gasteiger partial charge is 0.00930 e. The maximum atomic E-state index is 2.39. The van der Waals surface area contributed by atoms with Crippen LogP contribution in [0, 0.1) is 0 Å². The second kappa shape index (κ2) is 5.89. The summed E-state index contributed by atoms with van der Waals surface area (Å²) in [5, 5.41) is 5.40. The first-order chi connectivity index (χ1) is 11.4. The summed E-state index contributed by atoms with van der Waals surface area (Å²) in [6.45, 7) is 2.28. The van der Waals surface area contributed by atoms with Gasteiger partial charge in [0, 0.05) is 5.92 Å². The molecule has 23 heavy (non-hydrogen) atoms. The van der Waals surface area contributed by atoms with Gasteiger partial charge in [0.15, 0.2) is 0 Å². The molecule has 0 saturated carbocycles. The fraction of sp³-hybridized carbons (Fsp3) is 0.130. The van der Waals surface area contributed by atoms with Crippen LogP contribution in [0.25, 0.3) is 21.5 Å². The Hall–Kier alpha value is -2.60. The summed E-state index contributed by atoms with van der Waals surface area (Å²) in [7, 11) is 0. The van der Waals surface area contributed by atoms with Crippen molar-refractivity contribution in [1.82, 2.24) is 0 Å². The van der Waals surface area contributed by atoms with E-state index in [-0.39, 0.29) is 0 Å². The molecule has 4 aromatic carbocycles. The van der Waals surface area contributed by atoms with E-state index in [4.69, 9.17) is 0 Å². The van der Waals surface area contributed by atoms with Gasteiger partial charge in [0.1, 0.15) is 0 Å². The molecule has 0 spiro atoms. The molecule has 0 aliphatic carbocycles. The van der Waals surface area contributed by atoms with E-state index in [0.29, 0.717) is 5.92 Å². The minimum atomic E-state index is 0.436. The number of hydrogen-bond donors (Lipinski definition) is 0. The molecule has 0 aliphatic heterocycles. The molecule has 0 fully saturated rings. The molecular weight excluding hydrogens is 276 g/mol. The number of fused-ring (bicyclic) bond motifs is 3. The lowest BCUT2D eigenvalue weighted by Crippen LogP contribution is -2.01. The lowest BCUT2D eigenvalue weighted by Gasteiger charge is -2.20. The van der Waals surface area contributed by atoms with Gasteiger partial charge in [-0.25, -0.2) is 0 Å². The van der Waals surface area contributed by atoms with E-state index in [1.165, 1.54) is 32.7 Å². The second-order valence-corrected chi connectivity index (χ2v) is 6.10. The number of benzene rings is 4. The molecule has 1 atom stereocenters. The summed E-state index contributed by atoms with van der Waals surface area (Å²) in [6.07, 6.45) is 1.10. The van der Waals surface area contributed by atoms with Gasteiger partial charge in [-0.2, -0.15) is 0 Å². The normalized spacial score (nSPS) is 12.6. The Morgan fingerprint density at radius 3 is 2.00 bits per heavy atom. The van der Waals surface area contributed by atoms with Crippen molar-refractivity contribution in [2.24, 2.45) is 0 Å². The Morgan fingerprint density at radius 2 is 1.26 bits per heavy atom. The molecule has 0 bridgehead atoms. The van der Waals surface area contributed by atoms with Crippen LogP contribution in [-0.2, 0) is 0 Å². The maximum absolute atomic E-state index is 2.39. The van der Waals surface area contributed by atoms with Crippen molar-refractivity contribution in [3.63, 3.8) is 0 Å². The zero-order chi connectivity index (χ0) is 15.6. The van der Waals surface area contributed by atoms with Gasteiger partial charge < -0.3 is 0 Å². The molecule has 0 aromatic heterocycles. The third-order valence-electron chi connectivity index (χ3n) is 4.79. The number of rotatable bonds is 3. The van der Waals surface area contributed by atoms with Crippen LogP contribution in [0.3, 0.4) is 0 Å². The van der Waals surface area contributed by atoms with E-state index < -0.39 is 0 Å². The standard InChI is InChI=1S/C23H20/c1-2-19(17-10-4-3-5-11-17)23-16-18-12-6-7-13-20(18)21-14-8-9-15-22(21)23/h3-16,19H,2H2,1H3. The molecule has 0 radical (unpaired) electrons. The van der Waals surface area contributed by atoms with Crippen LogP contribution in [-0.4, -0.2) is 0 Å². The third kappa shape index (κ3) is 2.41. The van der Waals surface area contributed by atoms with Crippen molar-refractivity contribution >= 4 is 21.5 Å². The molecule has 4 aromatic rings. The first-order valence-electron chi connectivity index (χ1n) is 8.34. The Labute approximate surface area is 137 Å². The van der Waals surface area contributed by atoms with Gasteiger partial charge in [-0.3, -0.25) is 0 Å². The van der Waals surface area contributed by atoms with Gasteiger partial charge >= 0.3 is 0 Å². The first kappa shape index (κ1) is 14.0. The van der Waals surface area contributed by atoms with Gasteiger partial charge in [0.25, 0.3) is 0 Å². The Balaban J connectivity index is 2.05. The third-order valence-corrected chi connectivity index (χ3v) is 4.79. The molecule has 0 heterocycles. The Morgan fingerprint density at radius 1 is 0.652 bits per heavy atom. The predicted octanol–water partition coefficient (Wildman–Crippen LogP) is 6.53. The maximum Gasteiger partial charge on any atom is 0.00930 e. The van der Waals surface area contributed by atoms with Crippen LogP contribution >= 0.6 is 0 Å². The highest BCUT2D eigenvalue weighted by molar-refractivity contribution is 6.09. The van der Waals surface area contributed by atoms with Crippen LogP contribution < -0.4 is 0 Å². The quantitative estimate of drug-likeness (QED) is 0.377.